The van der Waals surface area contributed by atoms with Crippen LogP contribution in [-0.4, -0.2) is 31.7 Å². The Hall–Kier alpha value is -2.33. The molecule has 0 saturated heterocycles. The normalized spacial score (nSPS) is 12.0. The lowest BCUT2D eigenvalue weighted by Crippen LogP contribution is -2.16. The van der Waals surface area contributed by atoms with E-state index in [9.17, 15) is 4.79 Å². The molecule has 0 aliphatic rings. The number of hydrogen-bond donors (Lipinski definition) is 2. The van der Waals surface area contributed by atoms with Crippen molar-refractivity contribution in [3.63, 3.8) is 0 Å². The van der Waals surface area contributed by atoms with Crippen LogP contribution in [0.3, 0.4) is 0 Å². The zero-order chi connectivity index (χ0) is 16.1. The Kier molecular flexibility index (Phi) is 5.17. The summed E-state index contributed by atoms with van der Waals surface area (Å²) in [4.78, 5) is 13.0. The number of benzene rings is 2. The summed E-state index contributed by atoms with van der Waals surface area (Å²) in [6.45, 7) is 0.553. The van der Waals surface area contributed by atoms with Crippen LogP contribution in [0.4, 0.5) is 5.69 Å². The number of anilines is 1. The first-order chi connectivity index (χ1) is 10.5. The van der Waals surface area contributed by atoms with E-state index in [2.05, 4.69) is 23.1 Å². The van der Waals surface area contributed by atoms with Crippen LogP contribution in [0.15, 0.2) is 48.5 Å². The van der Waals surface area contributed by atoms with Crippen LogP contribution >= 0.6 is 0 Å². The van der Waals surface area contributed by atoms with Gasteiger partial charge in [0.05, 0.1) is 5.56 Å². The van der Waals surface area contributed by atoms with Gasteiger partial charge in [-0.1, -0.05) is 24.3 Å². The minimum atomic E-state index is -0.902. The van der Waals surface area contributed by atoms with Crippen LogP contribution in [0.2, 0.25) is 0 Å². The molecule has 1 atom stereocenters. The zero-order valence-electron chi connectivity index (χ0n) is 13.0. The van der Waals surface area contributed by atoms with Crippen LogP contribution in [0.25, 0.3) is 0 Å². The van der Waals surface area contributed by atoms with Crippen molar-refractivity contribution in [2.24, 2.45) is 5.73 Å². The Bertz CT molecular complexity index is 636. The summed E-state index contributed by atoms with van der Waals surface area (Å²) >= 11 is 0. The molecule has 2 rings (SSSR count). The Morgan fingerprint density at radius 3 is 2.41 bits per heavy atom. The average molecular weight is 298 g/mol. The molecule has 0 fully saturated rings. The van der Waals surface area contributed by atoms with E-state index in [0.717, 1.165) is 17.7 Å². The van der Waals surface area contributed by atoms with Crippen molar-refractivity contribution in [1.82, 2.24) is 0 Å². The predicted molar refractivity (Wildman–Crippen MR) is 89.7 cm³/mol. The molecule has 0 radical (unpaired) electrons. The van der Waals surface area contributed by atoms with E-state index < -0.39 is 5.97 Å². The highest BCUT2D eigenvalue weighted by molar-refractivity contribution is 5.87. The lowest BCUT2D eigenvalue weighted by molar-refractivity contribution is 0.0697. The van der Waals surface area contributed by atoms with Crippen LogP contribution < -0.4 is 10.6 Å². The van der Waals surface area contributed by atoms with Crippen molar-refractivity contribution in [2.45, 2.75) is 12.3 Å². The Labute approximate surface area is 131 Å². The van der Waals surface area contributed by atoms with E-state index in [1.54, 1.807) is 12.1 Å². The monoisotopic (exact) mass is 298 g/mol. The first kappa shape index (κ1) is 16.0. The van der Waals surface area contributed by atoms with E-state index in [1.807, 2.05) is 32.3 Å². The molecule has 0 spiro atoms. The highest BCUT2D eigenvalue weighted by Gasteiger charge is 2.12. The number of carboxylic acids is 1. The fourth-order valence-electron chi connectivity index (χ4n) is 2.46. The molecular formula is C18H22N2O2. The van der Waals surface area contributed by atoms with Gasteiger partial charge >= 0.3 is 5.97 Å². The first-order valence-electron chi connectivity index (χ1n) is 7.31. The van der Waals surface area contributed by atoms with Gasteiger partial charge in [0.2, 0.25) is 0 Å². The number of carbonyl (C=O) groups is 1. The SMILES string of the molecule is CN(C)c1cccc(C(CN)Cc2ccc(C(=O)O)cc2)c1. The highest BCUT2D eigenvalue weighted by Crippen LogP contribution is 2.24. The van der Waals surface area contributed by atoms with Gasteiger partial charge in [-0.2, -0.15) is 0 Å². The Morgan fingerprint density at radius 1 is 1.18 bits per heavy atom. The number of aromatic carboxylic acids is 1. The standard InChI is InChI=1S/C18H22N2O2/c1-20(2)17-5-3-4-15(11-17)16(12-19)10-13-6-8-14(9-7-13)18(21)22/h3-9,11,16H,10,12,19H2,1-2H3,(H,21,22). The molecule has 22 heavy (non-hydrogen) atoms. The summed E-state index contributed by atoms with van der Waals surface area (Å²) in [6.07, 6.45) is 0.799. The highest BCUT2D eigenvalue weighted by atomic mass is 16.4. The van der Waals surface area contributed by atoms with Crippen molar-refractivity contribution in [3.05, 3.63) is 65.2 Å². The molecule has 4 nitrogen and oxygen atoms in total. The number of rotatable bonds is 6. The van der Waals surface area contributed by atoms with Crippen LogP contribution in [0, 0.1) is 0 Å². The van der Waals surface area contributed by atoms with E-state index in [1.165, 1.54) is 5.56 Å². The van der Waals surface area contributed by atoms with Crippen molar-refractivity contribution >= 4 is 11.7 Å². The van der Waals surface area contributed by atoms with Gasteiger partial charge in [-0.15, -0.1) is 0 Å². The Balaban J connectivity index is 2.18. The van der Waals surface area contributed by atoms with Crippen LogP contribution in [-0.2, 0) is 6.42 Å². The number of hydrogen-bond acceptors (Lipinski definition) is 3. The predicted octanol–water partition coefficient (Wildman–Crippen LogP) is 2.74. The molecule has 0 aromatic heterocycles. The molecule has 0 bridgehead atoms. The number of nitrogens with zero attached hydrogens (tertiary/aromatic N) is 1. The van der Waals surface area contributed by atoms with Gasteiger partial charge in [-0.05, 0) is 48.4 Å². The maximum absolute atomic E-state index is 10.9. The summed E-state index contributed by atoms with van der Waals surface area (Å²) < 4.78 is 0. The third-order valence-electron chi connectivity index (χ3n) is 3.83. The fraction of sp³-hybridized carbons (Fsp3) is 0.278. The van der Waals surface area contributed by atoms with E-state index in [-0.39, 0.29) is 5.92 Å². The molecule has 1 unspecified atom stereocenters. The second kappa shape index (κ2) is 7.09. The van der Waals surface area contributed by atoms with Gasteiger partial charge in [-0.3, -0.25) is 0 Å². The smallest absolute Gasteiger partial charge is 0.335 e. The van der Waals surface area contributed by atoms with Gasteiger partial charge in [0.15, 0.2) is 0 Å². The summed E-state index contributed by atoms with van der Waals surface area (Å²) in [6, 6.07) is 15.4. The van der Waals surface area contributed by atoms with Gasteiger partial charge < -0.3 is 15.7 Å². The lowest BCUT2D eigenvalue weighted by Gasteiger charge is -2.19. The summed E-state index contributed by atoms with van der Waals surface area (Å²) in [5, 5.41) is 8.94. The molecule has 3 N–H and O–H groups in total. The first-order valence-corrected chi connectivity index (χ1v) is 7.31. The van der Waals surface area contributed by atoms with Crippen LogP contribution in [0.1, 0.15) is 27.4 Å². The molecule has 0 amide bonds. The third-order valence-corrected chi connectivity index (χ3v) is 3.83. The van der Waals surface area contributed by atoms with E-state index in [0.29, 0.717) is 12.1 Å². The van der Waals surface area contributed by atoms with Crippen molar-refractivity contribution < 1.29 is 9.90 Å². The topological polar surface area (TPSA) is 66.6 Å². The van der Waals surface area contributed by atoms with Gasteiger partial charge in [-0.25, -0.2) is 4.79 Å². The van der Waals surface area contributed by atoms with Gasteiger partial charge in [0.1, 0.15) is 0 Å². The van der Waals surface area contributed by atoms with Crippen molar-refractivity contribution in [1.29, 1.82) is 0 Å². The fourth-order valence-corrected chi connectivity index (χ4v) is 2.46. The third kappa shape index (κ3) is 3.86. The molecule has 0 heterocycles. The average Bonchev–Trinajstić information content (AvgIpc) is 2.53. The maximum atomic E-state index is 10.9. The van der Waals surface area contributed by atoms with Gasteiger partial charge in [0.25, 0.3) is 0 Å². The quantitative estimate of drug-likeness (QED) is 0.860. The summed E-state index contributed by atoms with van der Waals surface area (Å²) in [5.74, 6) is -0.684. The van der Waals surface area contributed by atoms with Crippen LogP contribution in [0.5, 0.6) is 0 Å². The molecule has 0 aliphatic carbocycles. The zero-order valence-corrected chi connectivity index (χ0v) is 13.0. The minimum Gasteiger partial charge on any atom is -0.478 e. The van der Waals surface area contributed by atoms with Crippen molar-refractivity contribution in [3.8, 4) is 0 Å². The van der Waals surface area contributed by atoms with Crippen molar-refractivity contribution in [2.75, 3.05) is 25.5 Å². The van der Waals surface area contributed by atoms with Gasteiger partial charge in [0, 0.05) is 25.7 Å². The summed E-state index contributed by atoms with van der Waals surface area (Å²) in [5.41, 5.74) is 9.71. The Morgan fingerprint density at radius 2 is 1.86 bits per heavy atom. The molecule has 2 aromatic carbocycles. The molecule has 0 aliphatic heterocycles. The molecule has 116 valence electrons. The van der Waals surface area contributed by atoms with E-state index in [4.69, 9.17) is 10.8 Å². The number of carboxylic acid groups (broad SMARTS) is 1. The lowest BCUT2D eigenvalue weighted by atomic mass is 9.91. The second-order valence-electron chi connectivity index (χ2n) is 5.63. The van der Waals surface area contributed by atoms with E-state index >= 15 is 0 Å². The number of nitrogens with two attached hydrogens (primary N) is 1. The summed E-state index contributed by atoms with van der Waals surface area (Å²) in [7, 11) is 4.03. The molecule has 2 aromatic rings. The minimum absolute atomic E-state index is 0.218. The maximum Gasteiger partial charge on any atom is 0.335 e. The largest absolute Gasteiger partial charge is 0.478 e. The molecule has 0 saturated carbocycles. The molecule has 4 heteroatoms. The molecular weight excluding hydrogens is 276 g/mol. The second-order valence-corrected chi connectivity index (χ2v) is 5.63.